The number of ketones is 1. The van der Waals surface area contributed by atoms with Crippen LogP contribution in [0.4, 0.5) is 13.2 Å². The van der Waals surface area contributed by atoms with Gasteiger partial charge in [-0.1, -0.05) is 50.2 Å². The zero-order valence-electron chi connectivity index (χ0n) is 18.4. The van der Waals surface area contributed by atoms with Crippen molar-refractivity contribution in [3.63, 3.8) is 0 Å². The fraction of sp³-hybridized carbons (Fsp3) is 0.346. The number of allylic oxidation sites excluding steroid dienone is 2. The molecule has 0 heterocycles. The number of Topliss-reactive ketones (excluding diaryl/α,β-unsaturated/α-hetero) is 1. The largest absolute Gasteiger partial charge is 0.480 e. The van der Waals surface area contributed by atoms with Gasteiger partial charge in [0.15, 0.2) is 6.04 Å². The number of fused-ring (bicyclic) bond motifs is 2. The summed E-state index contributed by atoms with van der Waals surface area (Å²) in [6, 6.07) is 10.4. The van der Waals surface area contributed by atoms with E-state index in [1.54, 1.807) is 12.1 Å². The maximum atomic E-state index is 13.4. The number of carbonyl (C=O) groups excluding carboxylic acids is 1. The number of hydrogen-bond acceptors (Lipinski definition) is 3. The summed E-state index contributed by atoms with van der Waals surface area (Å²) in [5.74, 6) is -1.49. The van der Waals surface area contributed by atoms with Crippen molar-refractivity contribution in [2.24, 2.45) is 10.4 Å². The Bertz CT molecular complexity index is 1170. The molecule has 0 amide bonds. The molecule has 2 aromatic carbocycles. The van der Waals surface area contributed by atoms with E-state index in [1.165, 1.54) is 12.1 Å². The summed E-state index contributed by atoms with van der Waals surface area (Å²) < 4.78 is 38.5. The molecule has 2 aliphatic carbocycles. The molecule has 1 N–H and O–H groups in total. The number of aliphatic imine (C=N–C) groups is 1. The monoisotopic (exact) mass is 455 g/mol. The van der Waals surface area contributed by atoms with E-state index in [9.17, 15) is 27.9 Å². The second-order valence-electron chi connectivity index (χ2n) is 9.40. The Morgan fingerprint density at radius 3 is 2.30 bits per heavy atom. The van der Waals surface area contributed by atoms with Gasteiger partial charge in [0.05, 0.1) is 5.56 Å². The van der Waals surface area contributed by atoms with E-state index >= 15 is 0 Å². The highest BCUT2D eigenvalue weighted by Gasteiger charge is 2.38. The summed E-state index contributed by atoms with van der Waals surface area (Å²) in [6.45, 7) is 4.33. The molecule has 0 fully saturated rings. The molecule has 7 heteroatoms. The molecule has 172 valence electrons. The van der Waals surface area contributed by atoms with Gasteiger partial charge in [0.2, 0.25) is 5.78 Å². The first-order valence-corrected chi connectivity index (χ1v) is 10.8. The lowest BCUT2D eigenvalue weighted by Crippen LogP contribution is -2.32. The van der Waals surface area contributed by atoms with Gasteiger partial charge in [0.1, 0.15) is 5.71 Å². The lowest BCUT2D eigenvalue weighted by Gasteiger charge is -2.36. The van der Waals surface area contributed by atoms with Gasteiger partial charge < -0.3 is 5.11 Å². The zero-order valence-corrected chi connectivity index (χ0v) is 18.4. The fourth-order valence-electron chi connectivity index (χ4n) is 4.54. The second-order valence-corrected chi connectivity index (χ2v) is 9.40. The number of alkyl halides is 3. The van der Waals surface area contributed by atoms with Crippen LogP contribution >= 0.6 is 0 Å². The van der Waals surface area contributed by atoms with Crippen molar-refractivity contribution in [2.45, 2.75) is 51.7 Å². The van der Waals surface area contributed by atoms with E-state index in [0.29, 0.717) is 23.1 Å². The Morgan fingerprint density at radius 1 is 1.06 bits per heavy atom. The normalized spacial score (nSPS) is 19.8. The molecule has 4 rings (SSSR count). The molecule has 4 nitrogen and oxygen atoms in total. The van der Waals surface area contributed by atoms with Gasteiger partial charge in [-0.25, -0.2) is 4.79 Å². The molecule has 0 radical (unpaired) electrons. The second kappa shape index (κ2) is 8.28. The minimum Gasteiger partial charge on any atom is -0.480 e. The lowest BCUT2D eigenvalue weighted by atomic mass is 9.68. The summed E-state index contributed by atoms with van der Waals surface area (Å²) in [5, 5.41) is 9.77. The van der Waals surface area contributed by atoms with Gasteiger partial charge in [-0.15, -0.1) is 0 Å². The van der Waals surface area contributed by atoms with Crippen molar-refractivity contribution < 1.29 is 27.9 Å². The maximum absolute atomic E-state index is 13.4. The Balaban J connectivity index is 1.71. The molecular formula is C26H24F3NO3. The van der Waals surface area contributed by atoms with Crippen LogP contribution < -0.4 is 0 Å². The molecule has 0 aromatic heterocycles. The number of halogens is 3. The number of carboxylic acids is 1. The number of carboxylic acid groups (broad SMARTS) is 1. The smallest absolute Gasteiger partial charge is 0.416 e. The van der Waals surface area contributed by atoms with E-state index in [1.807, 2.05) is 12.1 Å². The first-order valence-electron chi connectivity index (χ1n) is 10.8. The van der Waals surface area contributed by atoms with Crippen molar-refractivity contribution in [3.05, 3.63) is 76.4 Å². The molecule has 1 atom stereocenters. The Morgan fingerprint density at radius 2 is 1.70 bits per heavy atom. The van der Waals surface area contributed by atoms with Crippen LogP contribution in [0.5, 0.6) is 0 Å². The summed E-state index contributed by atoms with van der Waals surface area (Å²) in [4.78, 5) is 29.7. The molecule has 33 heavy (non-hydrogen) atoms. The molecule has 2 aromatic rings. The molecule has 0 bridgehead atoms. The van der Waals surface area contributed by atoms with Crippen LogP contribution in [0.2, 0.25) is 0 Å². The van der Waals surface area contributed by atoms with Crippen molar-refractivity contribution >= 4 is 23.0 Å². The highest BCUT2D eigenvalue weighted by atomic mass is 19.4. The predicted octanol–water partition coefficient (Wildman–Crippen LogP) is 5.74. The van der Waals surface area contributed by atoms with Crippen molar-refractivity contribution in [1.29, 1.82) is 0 Å². The summed E-state index contributed by atoms with van der Waals surface area (Å²) in [6.07, 6.45) is -2.38. The Kier molecular flexibility index (Phi) is 5.76. The van der Waals surface area contributed by atoms with E-state index < -0.39 is 23.8 Å². The van der Waals surface area contributed by atoms with E-state index in [4.69, 9.17) is 0 Å². The van der Waals surface area contributed by atoms with Gasteiger partial charge in [-0.3, -0.25) is 9.79 Å². The minimum atomic E-state index is -4.47. The molecule has 2 aliphatic rings. The Hall–Kier alpha value is -3.22. The average Bonchev–Trinajstić information content (AvgIpc) is 2.74. The third kappa shape index (κ3) is 4.63. The first kappa shape index (κ1) is 23.0. The molecular weight excluding hydrogens is 431 g/mol. The number of benzene rings is 2. The first-order chi connectivity index (χ1) is 15.5. The van der Waals surface area contributed by atoms with E-state index in [-0.39, 0.29) is 23.3 Å². The molecule has 0 aliphatic heterocycles. The van der Waals surface area contributed by atoms with Crippen molar-refractivity contribution in [1.82, 2.24) is 0 Å². The summed E-state index contributed by atoms with van der Waals surface area (Å²) in [7, 11) is 0. The van der Waals surface area contributed by atoms with Gasteiger partial charge in [0.25, 0.3) is 0 Å². The molecule has 0 saturated carbocycles. The minimum absolute atomic E-state index is 0.0625. The van der Waals surface area contributed by atoms with Crippen LogP contribution in [0.1, 0.15) is 55.4 Å². The van der Waals surface area contributed by atoms with E-state index in [2.05, 4.69) is 18.8 Å². The average molecular weight is 455 g/mol. The topological polar surface area (TPSA) is 66.7 Å². The van der Waals surface area contributed by atoms with Gasteiger partial charge in [-0.05, 0) is 53.5 Å². The number of carbonyl (C=O) groups is 2. The number of hydrogen-bond donors (Lipinski definition) is 1. The third-order valence-electron chi connectivity index (χ3n) is 6.35. The number of rotatable bonds is 4. The number of aliphatic carboxylic acids is 1. The van der Waals surface area contributed by atoms with Crippen LogP contribution in [0.3, 0.4) is 0 Å². The highest BCUT2D eigenvalue weighted by molar-refractivity contribution is 6.54. The number of nitrogens with zero attached hydrogens (tertiary/aromatic N) is 1. The summed E-state index contributed by atoms with van der Waals surface area (Å²) in [5.41, 5.74) is 2.97. The highest BCUT2D eigenvalue weighted by Crippen LogP contribution is 2.46. The zero-order chi connectivity index (χ0) is 24.0. The van der Waals surface area contributed by atoms with Crippen molar-refractivity contribution in [2.75, 3.05) is 0 Å². The molecule has 0 saturated heterocycles. The lowest BCUT2D eigenvalue weighted by molar-refractivity contribution is -0.139. The standard InChI is InChI=1S/C26H24F3NO3/c1-25(2)12-11-19-20(14-25)17-5-3-4-6-18(17)22(23(19)31)30-21(24(32)33)13-15-7-9-16(10-8-15)26(27,28)29/h3-10,21H,11-14H2,1-2H3,(H,32,33)/b30-22-. The SMILES string of the molecule is CC1(C)CCC2=C(C1)c1ccccc1/C(=N/C(Cc1ccc(C(F)(F)F)cc1)C(=O)O)C2=O. The Labute approximate surface area is 189 Å². The van der Waals surface area contributed by atoms with Gasteiger partial charge in [0, 0.05) is 17.6 Å². The maximum Gasteiger partial charge on any atom is 0.416 e. The quantitative estimate of drug-likeness (QED) is 0.640. The predicted molar refractivity (Wildman–Crippen MR) is 119 cm³/mol. The van der Waals surface area contributed by atoms with E-state index in [0.717, 1.165) is 36.1 Å². The fourth-order valence-corrected chi connectivity index (χ4v) is 4.54. The van der Waals surface area contributed by atoms with Crippen LogP contribution in [0, 0.1) is 5.41 Å². The van der Waals surface area contributed by atoms with Gasteiger partial charge >= 0.3 is 12.1 Å². The van der Waals surface area contributed by atoms with Crippen LogP contribution in [0.25, 0.3) is 5.57 Å². The van der Waals surface area contributed by atoms with Crippen molar-refractivity contribution in [3.8, 4) is 0 Å². The third-order valence-corrected chi connectivity index (χ3v) is 6.35. The van der Waals surface area contributed by atoms with Crippen LogP contribution in [-0.4, -0.2) is 28.6 Å². The molecule has 0 spiro atoms. The van der Waals surface area contributed by atoms with Crippen LogP contribution in [-0.2, 0) is 22.2 Å². The summed E-state index contributed by atoms with van der Waals surface area (Å²) >= 11 is 0. The van der Waals surface area contributed by atoms with Crippen LogP contribution in [0.15, 0.2) is 59.1 Å². The van der Waals surface area contributed by atoms with Gasteiger partial charge in [-0.2, -0.15) is 13.2 Å². The molecule has 1 unspecified atom stereocenters.